The molecule has 0 N–H and O–H groups in total. The number of rotatable bonds is 5. The molecule has 0 aromatic heterocycles. The second kappa shape index (κ2) is 8.28. The number of carbonyl (C=O) groups excluding carboxylic acids is 3. The molecule has 146 valence electrons. The summed E-state index contributed by atoms with van der Waals surface area (Å²) in [7, 11) is 0. The number of hydrogen-bond donors (Lipinski definition) is 0. The fraction of sp³-hybridized carbons (Fsp3) is 0.500. The molecule has 2 bridgehead atoms. The number of fused-ring (bicyclic) bond motifs is 2. The second-order valence-electron chi connectivity index (χ2n) is 6.13. The highest BCUT2D eigenvalue weighted by atomic mass is 32.2. The molecule has 0 aliphatic carbocycles. The first-order chi connectivity index (χ1) is 12.8. The van der Waals surface area contributed by atoms with E-state index in [1.165, 1.54) is 32.5 Å². The van der Waals surface area contributed by atoms with Crippen molar-refractivity contribution in [3.05, 3.63) is 30.3 Å². The van der Waals surface area contributed by atoms with E-state index in [0.717, 1.165) is 4.90 Å². The number of thioether (sulfide) groups is 1. The van der Waals surface area contributed by atoms with Crippen molar-refractivity contribution in [1.29, 1.82) is 0 Å². The van der Waals surface area contributed by atoms with Crippen molar-refractivity contribution in [1.82, 2.24) is 0 Å². The molecule has 0 amide bonds. The molecule has 2 saturated heterocycles. The van der Waals surface area contributed by atoms with Gasteiger partial charge in [0.1, 0.15) is 11.5 Å². The summed E-state index contributed by atoms with van der Waals surface area (Å²) in [6.45, 7) is 3.69. The molecular formula is C18H20O8S. The predicted octanol–water partition coefficient (Wildman–Crippen LogP) is 1.65. The zero-order chi connectivity index (χ0) is 19.6. The van der Waals surface area contributed by atoms with E-state index in [-0.39, 0.29) is 0 Å². The van der Waals surface area contributed by atoms with Crippen LogP contribution in [0.15, 0.2) is 35.2 Å². The molecule has 9 heteroatoms. The summed E-state index contributed by atoms with van der Waals surface area (Å²) >= 11 is 1.38. The van der Waals surface area contributed by atoms with E-state index in [2.05, 4.69) is 0 Å². The summed E-state index contributed by atoms with van der Waals surface area (Å²) in [6.07, 6.45) is -4.68. The lowest BCUT2D eigenvalue weighted by Gasteiger charge is -2.38. The molecule has 27 heavy (non-hydrogen) atoms. The largest absolute Gasteiger partial charge is 0.455 e. The molecular weight excluding hydrogens is 376 g/mol. The van der Waals surface area contributed by atoms with Crippen molar-refractivity contribution in [3.8, 4) is 0 Å². The van der Waals surface area contributed by atoms with E-state index < -0.39 is 54.0 Å². The third-order valence-corrected chi connectivity index (χ3v) is 5.12. The molecule has 0 saturated carbocycles. The topological polar surface area (TPSA) is 97.4 Å². The smallest absolute Gasteiger partial charge is 0.303 e. The molecule has 0 unspecified atom stereocenters. The van der Waals surface area contributed by atoms with Crippen molar-refractivity contribution < 1.29 is 38.1 Å². The number of ether oxygens (including phenoxy) is 5. The van der Waals surface area contributed by atoms with Crippen LogP contribution in [0.2, 0.25) is 0 Å². The first kappa shape index (κ1) is 19.7. The van der Waals surface area contributed by atoms with Gasteiger partial charge in [0.05, 0.1) is 0 Å². The third-order valence-electron chi connectivity index (χ3n) is 3.97. The SMILES string of the molecule is CC(=O)O[C@@H]1[C@H](OC(C)=O)[C@H](OC(C)=O)[C@@H]2O[C@@H]1[C@@H](Sc1ccccc1)O2. The van der Waals surface area contributed by atoms with Gasteiger partial charge in [-0.3, -0.25) is 14.4 Å². The zero-order valence-electron chi connectivity index (χ0n) is 15.0. The molecule has 2 fully saturated rings. The lowest BCUT2D eigenvalue weighted by atomic mass is 10.00. The number of benzene rings is 1. The van der Waals surface area contributed by atoms with Crippen LogP contribution in [0.25, 0.3) is 0 Å². The first-order valence-corrected chi connectivity index (χ1v) is 9.27. The maximum atomic E-state index is 11.6. The van der Waals surface area contributed by atoms with Crippen LogP contribution in [-0.2, 0) is 38.1 Å². The van der Waals surface area contributed by atoms with Gasteiger partial charge >= 0.3 is 17.9 Å². The summed E-state index contributed by atoms with van der Waals surface area (Å²) < 4.78 is 27.7. The molecule has 1 aromatic rings. The highest BCUT2D eigenvalue weighted by molar-refractivity contribution is 7.99. The third kappa shape index (κ3) is 4.60. The van der Waals surface area contributed by atoms with Gasteiger partial charge in [-0.1, -0.05) is 30.0 Å². The Labute approximate surface area is 160 Å². The van der Waals surface area contributed by atoms with E-state index in [9.17, 15) is 14.4 Å². The Morgan fingerprint density at radius 3 is 1.96 bits per heavy atom. The summed E-state index contributed by atoms with van der Waals surface area (Å²) in [4.78, 5) is 35.7. The Morgan fingerprint density at radius 1 is 0.815 bits per heavy atom. The molecule has 0 spiro atoms. The van der Waals surface area contributed by atoms with Crippen LogP contribution in [0, 0.1) is 0 Å². The molecule has 8 nitrogen and oxygen atoms in total. The van der Waals surface area contributed by atoms with Crippen molar-refractivity contribution in [2.75, 3.05) is 0 Å². The van der Waals surface area contributed by atoms with Gasteiger partial charge in [0.25, 0.3) is 0 Å². The van der Waals surface area contributed by atoms with Crippen LogP contribution in [0.4, 0.5) is 0 Å². The molecule has 6 atom stereocenters. The van der Waals surface area contributed by atoms with Crippen molar-refractivity contribution in [2.24, 2.45) is 0 Å². The first-order valence-electron chi connectivity index (χ1n) is 8.39. The lowest BCUT2D eigenvalue weighted by molar-refractivity contribution is -0.250. The van der Waals surface area contributed by atoms with Crippen LogP contribution in [0.5, 0.6) is 0 Å². The van der Waals surface area contributed by atoms with Gasteiger partial charge in [0.2, 0.25) is 6.29 Å². The minimum absolute atomic E-state index is 0.541. The average Bonchev–Trinajstić information content (AvgIpc) is 2.95. The Morgan fingerprint density at radius 2 is 1.37 bits per heavy atom. The predicted molar refractivity (Wildman–Crippen MR) is 92.5 cm³/mol. The number of hydrogen-bond acceptors (Lipinski definition) is 9. The summed E-state index contributed by atoms with van der Waals surface area (Å²) in [5.41, 5.74) is -0.541. The van der Waals surface area contributed by atoms with Crippen LogP contribution in [-0.4, -0.2) is 54.0 Å². The number of carbonyl (C=O) groups is 3. The van der Waals surface area contributed by atoms with Crippen LogP contribution >= 0.6 is 11.8 Å². The average molecular weight is 396 g/mol. The molecule has 2 heterocycles. The van der Waals surface area contributed by atoms with Gasteiger partial charge in [-0.2, -0.15) is 0 Å². The van der Waals surface area contributed by atoms with Gasteiger partial charge in [-0.05, 0) is 12.1 Å². The molecule has 0 radical (unpaired) electrons. The second-order valence-corrected chi connectivity index (χ2v) is 7.30. The molecule has 2 aliphatic rings. The lowest BCUT2D eigenvalue weighted by Crippen LogP contribution is -2.58. The van der Waals surface area contributed by atoms with Crippen LogP contribution < -0.4 is 0 Å². The standard InChI is InChI=1S/C18H20O8S/c1-9(19)22-13-14(23-10(2)20)16-18(27-12-7-5-4-6-8-12)26-17(25-16)15(13)24-11(3)21/h4-8,13-18H,1-3H3/t13-,14+,15-,16-,17+,18+/m0/s1. The van der Waals surface area contributed by atoms with E-state index in [1.807, 2.05) is 30.3 Å². The molecule has 2 aliphatic heterocycles. The van der Waals surface area contributed by atoms with E-state index >= 15 is 0 Å². The normalized spacial score (nSPS) is 31.8. The Hall–Kier alpha value is -2.10. The van der Waals surface area contributed by atoms with E-state index in [4.69, 9.17) is 23.7 Å². The van der Waals surface area contributed by atoms with Crippen molar-refractivity contribution in [3.63, 3.8) is 0 Å². The van der Waals surface area contributed by atoms with Gasteiger partial charge < -0.3 is 23.7 Å². The molecule has 1 aromatic carbocycles. The summed E-state index contributed by atoms with van der Waals surface area (Å²) in [5, 5.41) is 0. The van der Waals surface area contributed by atoms with E-state index in [1.54, 1.807) is 0 Å². The minimum atomic E-state index is -1.05. The quantitative estimate of drug-likeness (QED) is 0.543. The minimum Gasteiger partial charge on any atom is -0.455 e. The van der Waals surface area contributed by atoms with Crippen LogP contribution in [0.1, 0.15) is 20.8 Å². The van der Waals surface area contributed by atoms with Crippen molar-refractivity contribution >= 4 is 29.7 Å². The van der Waals surface area contributed by atoms with E-state index in [0.29, 0.717) is 0 Å². The van der Waals surface area contributed by atoms with Gasteiger partial charge in [-0.15, -0.1) is 0 Å². The Balaban J connectivity index is 1.90. The fourth-order valence-corrected chi connectivity index (χ4v) is 4.17. The van der Waals surface area contributed by atoms with Crippen LogP contribution in [0.3, 0.4) is 0 Å². The zero-order valence-corrected chi connectivity index (χ0v) is 15.8. The Bertz CT molecular complexity index is 709. The van der Waals surface area contributed by atoms with Crippen molar-refractivity contribution in [2.45, 2.75) is 61.8 Å². The highest BCUT2D eigenvalue weighted by Gasteiger charge is 2.60. The summed E-state index contributed by atoms with van der Waals surface area (Å²) in [5.74, 6) is -1.76. The maximum Gasteiger partial charge on any atom is 0.303 e. The maximum absolute atomic E-state index is 11.6. The van der Waals surface area contributed by atoms with Gasteiger partial charge in [-0.25, -0.2) is 0 Å². The molecule has 3 rings (SSSR count). The monoisotopic (exact) mass is 396 g/mol. The van der Waals surface area contributed by atoms with Gasteiger partial charge in [0.15, 0.2) is 18.3 Å². The Kier molecular flexibility index (Phi) is 6.03. The highest BCUT2D eigenvalue weighted by Crippen LogP contribution is 2.43. The number of esters is 3. The summed E-state index contributed by atoms with van der Waals surface area (Å²) in [6, 6.07) is 9.48. The fourth-order valence-electron chi connectivity index (χ4n) is 3.07. The van der Waals surface area contributed by atoms with Gasteiger partial charge in [0, 0.05) is 25.7 Å².